The summed E-state index contributed by atoms with van der Waals surface area (Å²) in [6, 6.07) is 3.13. The van der Waals surface area contributed by atoms with Gasteiger partial charge in [0, 0.05) is 12.0 Å². The van der Waals surface area contributed by atoms with Crippen LogP contribution in [0.25, 0.3) is 0 Å². The number of nitrogens with one attached hydrogen (secondary N) is 2. The summed E-state index contributed by atoms with van der Waals surface area (Å²) in [5.41, 5.74) is -2.02. The largest absolute Gasteiger partial charge is 0.481 e. The number of sulfonamides is 1. The van der Waals surface area contributed by atoms with Gasteiger partial charge in [0.2, 0.25) is 15.9 Å². The molecule has 1 aromatic carbocycles. The normalized spacial score (nSPS) is 12.7. The van der Waals surface area contributed by atoms with Gasteiger partial charge in [0.05, 0.1) is 17.0 Å². The average Bonchev–Trinajstić information content (AvgIpc) is 2.50. The summed E-state index contributed by atoms with van der Waals surface area (Å²) < 4.78 is 64.0. The monoisotopic (exact) mass is 396 g/mol. The Morgan fingerprint density at radius 1 is 1.19 bits per heavy atom. The first-order valence-electron chi connectivity index (χ1n) is 7.43. The lowest BCUT2D eigenvalue weighted by Crippen LogP contribution is -2.47. The highest BCUT2D eigenvalue weighted by Crippen LogP contribution is 2.30. The Morgan fingerprint density at radius 2 is 1.81 bits per heavy atom. The van der Waals surface area contributed by atoms with Crippen molar-refractivity contribution in [2.45, 2.75) is 43.3 Å². The van der Waals surface area contributed by atoms with Crippen molar-refractivity contribution in [1.29, 1.82) is 0 Å². The van der Waals surface area contributed by atoms with Gasteiger partial charge < -0.3 is 10.4 Å². The molecule has 1 aromatic rings. The molecular weight excluding hydrogens is 377 g/mol. The van der Waals surface area contributed by atoms with Crippen LogP contribution in [0, 0.1) is 0 Å². The molecular formula is C15H19F3N2O5S. The van der Waals surface area contributed by atoms with Gasteiger partial charge in [-0.1, -0.05) is 6.07 Å². The number of carbonyl (C=O) groups is 2. The first-order chi connectivity index (χ1) is 11.7. The molecule has 0 aromatic heterocycles. The van der Waals surface area contributed by atoms with E-state index in [-0.39, 0.29) is 12.8 Å². The van der Waals surface area contributed by atoms with Crippen LogP contribution < -0.4 is 10.0 Å². The van der Waals surface area contributed by atoms with Crippen LogP contribution in [0.2, 0.25) is 0 Å². The van der Waals surface area contributed by atoms with Crippen LogP contribution in [0.15, 0.2) is 29.2 Å². The minimum Gasteiger partial charge on any atom is -0.481 e. The third kappa shape index (κ3) is 7.00. The van der Waals surface area contributed by atoms with Crippen LogP contribution in [0.1, 0.15) is 32.3 Å². The van der Waals surface area contributed by atoms with E-state index < -0.39 is 50.6 Å². The molecule has 26 heavy (non-hydrogen) atoms. The summed E-state index contributed by atoms with van der Waals surface area (Å²) in [5, 5.41) is 11.1. The van der Waals surface area contributed by atoms with E-state index in [1.54, 1.807) is 13.8 Å². The third-order valence-electron chi connectivity index (χ3n) is 3.34. The first kappa shape index (κ1) is 21.9. The number of carboxylic acid groups (broad SMARTS) is 1. The topological polar surface area (TPSA) is 113 Å². The second kappa shape index (κ2) is 8.04. The van der Waals surface area contributed by atoms with Crippen LogP contribution in [0.3, 0.4) is 0 Å². The minimum atomic E-state index is -4.70. The maximum atomic E-state index is 12.7. The fourth-order valence-corrected chi connectivity index (χ4v) is 3.01. The molecule has 0 atom stereocenters. The predicted octanol–water partition coefficient (Wildman–Crippen LogP) is 1.74. The number of alkyl halides is 3. The van der Waals surface area contributed by atoms with E-state index in [2.05, 4.69) is 5.32 Å². The van der Waals surface area contributed by atoms with Crippen molar-refractivity contribution in [3.8, 4) is 0 Å². The molecule has 0 heterocycles. The Kier molecular flexibility index (Phi) is 6.77. The zero-order valence-electron chi connectivity index (χ0n) is 14.1. The maximum Gasteiger partial charge on any atom is 0.416 e. The van der Waals surface area contributed by atoms with Crippen LogP contribution in [-0.4, -0.2) is 37.5 Å². The second-order valence-electron chi connectivity index (χ2n) is 6.18. The van der Waals surface area contributed by atoms with Crippen molar-refractivity contribution in [1.82, 2.24) is 10.0 Å². The van der Waals surface area contributed by atoms with Gasteiger partial charge in [-0.2, -0.15) is 13.2 Å². The van der Waals surface area contributed by atoms with Crippen LogP contribution >= 0.6 is 0 Å². The molecule has 146 valence electrons. The standard InChI is InChI=1S/C15H19F3N2O5S/c1-14(2,7-6-13(22)23)20-12(21)9-19-26(24,25)11-5-3-4-10(8-11)15(16,17)18/h3-5,8,19H,6-7,9H2,1-2H3,(H,20,21)(H,22,23). The lowest BCUT2D eigenvalue weighted by Gasteiger charge is -2.25. The molecule has 0 bridgehead atoms. The third-order valence-corrected chi connectivity index (χ3v) is 4.73. The summed E-state index contributed by atoms with van der Waals surface area (Å²) in [7, 11) is -4.32. The van der Waals surface area contributed by atoms with Crippen molar-refractivity contribution >= 4 is 21.9 Å². The van der Waals surface area contributed by atoms with Gasteiger partial charge in [-0.25, -0.2) is 13.1 Å². The highest BCUT2D eigenvalue weighted by atomic mass is 32.2. The van der Waals surface area contributed by atoms with Crippen LogP contribution in [0.5, 0.6) is 0 Å². The molecule has 0 radical (unpaired) electrons. The Morgan fingerprint density at radius 3 is 2.35 bits per heavy atom. The molecule has 0 unspecified atom stereocenters. The van der Waals surface area contributed by atoms with Gasteiger partial charge in [-0.15, -0.1) is 0 Å². The van der Waals surface area contributed by atoms with E-state index >= 15 is 0 Å². The Balaban J connectivity index is 2.74. The number of carboxylic acids is 1. The smallest absolute Gasteiger partial charge is 0.416 e. The predicted molar refractivity (Wildman–Crippen MR) is 85.7 cm³/mol. The zero-order valence-corrected chi connectivity index (χ0v) is 14.9. The van der Waals surface area contributed by atoms with Crippen LogP contribution in [-0.2, 0) is 25.8 Å². The molecule has 3 N–H and O–H groups in total. The number of carbonyl (C=O) groups excluding carboxylic acids is 1. The van der Waals surface area contributed by atoms with E-state index in [1.165, 1.54) is 0 Å². The van der Waals surface area contributed by atoms with Gasteiger partial charge in [-0.05, 0) is 38.5 Å². The van der Waals surface area contributed by atoms with Crippen molar-refractivity contribution in [3.63, 3.8) is 0 Å². The molecule has 0 aliphatic carbocycles. The van der Waals surface area contributed by atoms with E-state index in [4.69, 9.17) is 5.11 Å². The van der Waals surface area contributed by atoms with E-state index in [0.717, 1.165) is 18.2 Å². The minimum absolute atomic E-state index is 0.119. The van der Waals surface area contributed by atoms with Gasteiger partial charge in [-0.3, -0.25) is 9.59 Å². The lowest BCUT2D eigenvalue weighted by molar-refractivity contribution is -0.138. The molecule has 0 fully saturated rings. The number of hydrogen-bond acceptors (Lipinski definition) is 4. The first-order valence-corrected chi connectivity index (χ1v) is 8.91. The Hall–Kier alpha value is -2.14. The van der Waals surface area contributed by atoms with Crippen LogP contribution in [0.4, 0.5) is 13.2 Å². The SMILES string of the molecule is CC(C)(CCC(=O)O)NC(=O)CNS(=O)(=O)c1cccc(C(F)(F)F)c1. The molecule has 0 saturated carbocycles. The average molecular weight is 396 g/mol. The summed E-state index contributed by atoms with van der Waals surface area (Å²) in [5.74, 6) is -1.78. The summed E-state index contributed by atoms with van der Waals surface area (Å²) in [6.45, 7) is 2.43. The number of aliphatic carboxylic acids is 1. The molecule has 0 spiro atoms. The van der Waals surface area contributed by atoms with Crippen molar-refractivity contribution in [3.05, 3.63) is 29.8 Å². The van der Waals surface area contributed by atoms with E-state index in [0.29, 0.717) is 6.07 Å². The molecule has 1 amide bonds. The van der Waals surface area contributed by atoms with E-state index in [1.807, 2.05) is 4.72 Å². The fourth-order valence-electron chi connectivity index (χ4n) is 1.99. The quantitative estimate of drug-likeness (QED) is 0.620. The van der Waals surface area contributed by atoms with Crippen molar-refractivity contribution in [2.75, 3.05) is 6.54 Å². The lowest BCUT2D eigenvalue weighted by atomic mass is 9.98. The number of benzene rings is 1. The van der Waals surface area contributed by atoms with Gasteiger partial charge in [0.15, 0.2) is 0 Å². The number of hydrogen-bond donors (Lipinski definition) is 3. The zero-order chi connectivity index (χ0) is 20.2. The summed E-state index contributed by atoms with van der Waals surface area (Å²) in [6.07, 6.45) is -4.77. The molecule has 11 heteroatoms. The van der Waals surface area contributed by atoms with E-state index in [9.17, 15) is 31.2 Å². The van der Waals surface area contributed by atoms with Crippen molar-refractivity contribution < 1.29 is 36.3 Å². The summed E-state index contributed by atoms with van der Waals surface area (Å²) in [4.78, 5) is 21.8. The Labute approximate surface area is 148 Å². The second-order valence-corrected chi connectivity index (χ2v) is 7.94. The molecule has 7 nitrogen and oxygen atoms in total. The molecule has 0 aliphatic rings. The molecule has 1 rings (SSSR count). The highest BCUT2D eigenvalue weighted by Gasteiger charge is 2.31. The Bertz CT molecular complexity index is 776. The molecule has 0 saturated heterocycles. The van der Waals surface area contributed by atoms with Gasteiger partial charge in [0.25, 0.3) is 0 Å². The highest BCUT2D eigenvalue weighted by molar-refractivity contribution is 7.89. The number of amides is 1. The van der Waals surface area contributed by atoms with Crippen molar-refractivity contribution in [2.24, 2.45) is 0 Å². The summed E-state index contributed by atoms with van der Waals surface area (Å²) >= 11 is 0. The number of rotatable bonds is 8. The van der Waals surface area contributed by atoms with Gasteiger partial charge in [0.1, 0.15) is 0 Å². The molecule has 0 aliphatic heterocycles. The fraction of sp³-hybridized carbons (Fsp3) is 0.467. The van der Waals surface area contributed by atoms with Gasteiger partial charge >= 0.3 is 12.1 Å². The maximum absolute atomic E-state index is 12.7. The number of halogens is 3.